The zero-order valence-electron chi connectivity index (χ0n) is 15.2. The number of aromatic nitrogens is 1. The summed E-state index contributed by atoms with van der Waals surface area (Å²) in [6, 6.07) is 12.8. The number of anilines is 1. The molecule has 4 rings (SSSR count). The second kappa shape index (κ2) is 7.52. The summed E-state index contributed by atoms with van der Waals surface area (Å²) >= 11 is 1.55. The summed E-state index contributed by atoms with van der Waals surface area (Å²) in [5, 5.41) is 3.63. The average molecular weight is 394 g/mol. The smallest absolute Gasteiger partial charge is 0.306 e. The molecule has 1 atom stereocenters. The lowest BCUT2D eigenvalue weighted by Crippen LogP contribution is -2.14. The number of thiazole rings is 1. The van der Waals surface area contributed by atoms with Gasteiger partial charge in [-0.2, -0.15) is 0 Å². The van der Waals surface area contributed by atoms with Gasteiger partial charge in [0, 0.05) is 17.7 Å². The molecule has 0 bridgehead atoms. The number of fused-ring (bicyclic) bond motifs is 2. The maximum atomic E-state index is 12.3. The van der Waals surface area contributed by atoms with Gasteiger partial charge in [-0.3, -0.25) is 14.4 Å². The lowest BCUT2D eigenvalue weighted by molar-refractivity contribution is -0.142. The molecule has 3 aromatic rings. The lowest BCUT2D eigenvalue weighted by atomic mass is 9.99. The van der Waals surface area contributed by atoms with E-state index in [1.54, 1.807) is 36.5 Å². The maximum absolute atomic E-state index is 12.3. The molecule has 7 heteroatoms. The van der Waals surface area contributed by atoms with Gasteiger partial charge in [0.25, 0.3) is 0 Å². The highest BCUT2D eigenvalue weighted by atomic mass is 32.1. The second-order valence-electron chi connectivity index (χ2n) is 6.67. The predicted molar refractivity (Wildman–Crippen MR) is 107 cm³/mol. The molecule has 0 saturated heterocycles. The molecule has 0 saturated carbocycles. The minimum absolute atomic E-state index is 0.0825. The van der Waals surface area contributed by atoms with Crippen LogP contribution < -0.4 is 5.32 Å². The number of Topliss-reactive ketones (excluding diaryl/α,β-unsaturated/α-hetero) is 1. The third-order valence-electron chi connectivity index (χ3n) is 4.74. The number of ketones is 1. The number of benzene rings is 2. The number of nitrogens with one attached hydrogen (secondary N) is 1. The van der Waals surface area contributed by atoms with Crippen LogP contribution in [0.15, 0.2) is 42.5 Å². The number of aryl methyl sites for hydroxylation is 1. The largest absolute Gasteiger partial charge is 0.457 e. The zero-order valence-corrected chi connectivity index (χ0v) is 16.0. The molecule has 0 radical (unpaired) electrons. The van der Waals surface area contributed by atoms with Crippen LogP contribution in [0.25, 0.3) is 10.2 Å². The summed E-state index contributed by atoms with van der Waals surface area (Å²) in [6.07, 6.45) is 0.656. The van der Waals surface area contributed by atoms with Gasteiger partial charge in [-0.1, -0.05) is 12.1 Å². The molecule has 0 spiro atoms. The van der Waals surface area contributed by atoms with Crippen LogP contribution in [0.4, 0.5) is 5.69 Å². The number of ether oxygens (including phenoxy) is 1. The number of carbonyl (C=O) groups excluding carboxylic acids is 3. The molecule has 1 aliphatic rings. The van der Waals surface area contributed by atoms with Gasteiger partial charge >= 0.3 is 5.97 Å². The average Bonchev–Trinajstić information content (AvgIpc) is 3.24. The van der Waals surface area contributed by atoms with Crippen LogP contribution in [0, 0.1) is 0 Å². The normalized spacial score (nSPS) is 15.3. The van der Waals surface area contributed by atoms with Crippen molar-refractivity contribution in [3.63, 3.8) is 0 Å². The number of hydrogen-bond acceptors (Lipinski definition) is 6. The van der Waals surface area contributed by atoms with Crippen molar-refractivity contribution in [3.8, 4) is 0 Å². The molecular weight excluding hydrogens is 376 g/mol. The van der Waals surface area contributed by atoms with Gasteiger partial charge in [-0.05, 0) is 42.8 Å². The third-order valence-corrected chi connectivity index (χ3v) is 5.83. The van der Waals surface area contributed by atoms with E-state index in [9.17, 15) is 14.4 Å². The Morgan fingerprint density at radius 2 is 2.04 bits per heavy atom. The molecule has 2 aromatic carbocycles. The van der Waals surface area contributed by atoms with E-state index in [4.69, 9.17) is 4.74 Å². The summed E-state index contributed by atoms with van der Waals surface area (Å²) in [5.74, 6) is -1.10. The Kier molecular flexibility index (Phi) is 4.92. The molecule has 1 aromatic heterocycles. The lowest BCUT2D eigenvalue weighted by Gasteiger charge is -2.06. The molecule has 0 fully saturated rings. The minimum Gasteiger partial charge on any atom is -0.457 e. The van der Waals surface area contributed by atoms with Crippen LogP contribution in [0.5, 0.6) is 0 Å². The molecule has 142 valence electrons. The van der Waals surface area contributed by atoms with Crippen molar-refractivity contribution in [1.82, 2.24) is 4.98 Å². The summed E-state index contributed by atoms with van der Waals surface area (Å²) in [5.41, 5.74) is 2.87. The number of rotatable bonds is 6. The fraction of sp³-hybridized carbons (Fsp3) is 0.238. The van der Waals surface area contributed by atoms with E-state index >= 15 is 0 Å². The van der Waals surface area contributed by atoms with Gasteiger partial charge in [0.2, 0.25) is 5.91 Å². The van der Waals surface area contributed by atoms with Crippen LogP contribution in [-0.4, -0.2) is 29.3 Å². The van der Waals surface area contributed by atoms with Gasteiger partial charge in [-0.25, -0.2) is 4.98 Å². The van der Waals surface area contributed by atoms with Gasteiger partial charge in [0.1, 0.15) is 0 Å². The molecule has 0 unspecified atom stereocenters. The maximum Gasteiger partial charge on any atom is 0.306 e. The van der Waals surface area contributed by atoms with E-state index < -0.39 is 5.97 Å². The van der Waals surface area contributed by atoms with Crippen LogP contribution >= 0.6 is 11.3 Å². The highest BCUT2D eigenvalue weighted by Crippen LogP contribution is 2.32. The number of amides is 1. The van der Waals surface area contributed by atoms with Gasteiger partial charge < -0.3 is 10.1 Å². The summed E-state index contributed by atoms with van der Waals surface area (Å²) in [6.45, 7) is 1.48. The molecule has 0 aliphatic carbocycles. The van der Waals surface area contributed by atoms with Crippen molar-refractivity contribution >= 4 is 44.9 Å². The van der Waals surface area contributed by atoms with Crippen LogP contribution in [0.2, 0.25) is 0 Å². The Bertz CT molecular complexity index is 1060. The van der Waals surface area contributed by atoms with Crippen molar-refractivity contribution in [3.05, 3.63) is 58.6 Å². The molecule has 6 nitrogen and oxygen atoms in total. The van der Waals surface area contributed by atoms with E-state index in [1.807, 2.05) is 24.3 Å². The highest BCUT2D eigenvalue weighted by molar-refractivity contribution is 7.18. The van der Waals surface area contributed by atoms with Crippen LogP contribution in [-0.2, 0) is 20.7 Å². The van der Waals surface area contributed by atoms with Crippen LogP contribution in [0.3, 0.4) is 0 Å². The molecule has 2 heterocycles. The fourth-order valence-electron chi connectivity index (χ4n) is 3.13. The SMILES string of the molecule is C[C@H]1C(=O)Nc2ccc(C(=O)COC(=O)CCc3nc4ccccc4s3)cc21. The van der Waals surface area contributed by atoms with Crippen molar-refractivity contribution in [2.75, 3.05) is 11.9 Å². The number of esters is 1. The summed E-state index contributed by atoms with van der Waals surface area (Å²) in [7, 11) is 0. The summed E-state index contributed by atoms with van der Waals surface area (Å²) < 4.78 is 6.21. The van der Waals surface area contributed by atoms with E-state index in [0.29, 0.717) is 12.0 Å². The second-order valence-corrected chi connectivity index (χ2v) is 7.79. The quantitative estimate of drug-likeness (QED) is 0.509. The Morgan fingerprint density at radius 3 is 2.86 bits per heavy atom. The van der Waals surface area contributed by atoms with E-state index in [-0.39, 0.29) is 30.6 Å². The van der Waals surface area contributed by atoms with E-state index in [1.165, 1.54) is 0 Å². The summed E-state index contributed by atoms with van der Waals surface area (Å²) in [4.78, 5) is 40.5. The number of para-hydroxylation sites is 1. The zero-order chi connectivity index (χ0) is 19.7. The van der Waals surface area contributed by atoms with Gasteiger partial charge in [-0.15, -0.1) is 11.3 Å². The monoisotopic (exact) mass is 394 g/mol. The number of hydrogen-bond donors (Lipinski definition) is 1. The first-order chi connectivity index (χ1) is 13.5. The van der Waals surface area contributed by atoms with Gasteiger partial charge in [0.05, 0.1) is 27.6 Å². The molecule has 28 heavy (non-hydrogen) atoms. The first-order valence-corrected chi connectivity index (χ1v) is 9.81. The number of carbonyl (C=O) groups is 3. The van der Waals surface area contributed by atoms with Gasteiger partial charge in [0.15, 0.2) is 12.4 Å². The first-order valence-electron chi connectivity index (χ1n) is 8.99. The Balaban J connectivity index is 1.31. The predicted octanol–water partition coefficient (Wildman–Crippen LogP) is 3.71. The Labute approximate surface area is 165 Å². The van der Waals surface area contributed by atoms with E-state index in [0.717, 1.165) is 26.5 Å². The van der Waals surface area contributed by atoms with Crippen molar-refractivity contribution in [1.29, 1.82) is 0 Å². The fourth-order valence-corrected chi connectivity index (χ4v) is 4.09. The minimum atomic E-state index is -0.432. The Hall–Kier alpha value is -3.06. The molecular formula is C21H18N2O4S. The topological polar surface area (TPSA) is 85.4 Å². The van der Waals surface area contributed by atoms with Crippen LogP contribution in [0.1, 0.15) is 40.2 Å². The molecule has 1 N–H and O–H groups in total. The van der Waals surface area contributed by atoms with Crippen molar-refractivity contribution < 1.29 is 19.1 Å². The molecule has 1 amide bonds. The number of nitrogens with zero attached hydrogens (tertiary/aromatic N) is 1. The standard InChI is InChI=1S/C21H18N2O4S/c1-12-14-10-13(6-7-15(14)23-21(12)26)17(24)11-27-20(25)9-8-19-22-16-4-2-3-5-18(16)28-19/h2-7,10,12H,8-9,11H2,1H3,(H,23,26)/t12-/m1/s1. The van der Waals surface area contributed by atoms with E-state index in [2.05, 4.69) is 10.3 Å². The van der Waals surface area contributed by atoms with Crippen molar-refractivity contribution in [2.24, 2.45) is 0 Å². The highest BCUT2D eigenvalue weighted by Gasteiger charge is 2.27. The first kappa shape index (κ1) is 18.3. The molecule has 1 aliphatic heterocycles. The third kappa shape index (κ3) is 3.66. The Morgan fingerprint density at radius 1 is 1.21 bits per heavy atom. The van der Waals surface area contributed by atoms with Crippen molar-refractivity contribution in [2.45, 2.75) is 25.7 Å².